The molecule has 1 aromatic heterocycles. The normalized spacial score (nSPS) is 12.2. The summed E-state index contributed by atoms with van der Waals surface area (Å²) >= 11 is 0. The van der Waals surface area contributed by atoms with Gasteiger partial charge in [0.2, 0.25) is 0 Å². The first-order valence-corrected chi connectivity index (χ1v) is 10.0. The van der Waals surface area contributed by atoms with E-state index in [4.69, 9.17) is 13.9 Å². The van der Waals surface area contributed by atoms with Gasteiger partial charge in [-0.1, -0.05) is 43.7 Å². The SMILES string of the molecule is CCC[C@@H](NC(=O)OCc1ccccc1)C(=O)Oc1ccc2c(C(F)(F)F)cc(=O)oc2c1. The Morgan fingerprint density at radius 1 is 1.09 bits per heavy atom. The highest BCUT2D eigenvalue weighted by atomic mass is 19.4. The Balaban J connectivity index is 1.71. The highest BCUT2D eigenvalue weighted by Crippen LogP contribution is 2.34. The number of fused-ring (bicyclic) bond motifs is 1. The van der Waals surface area contributed by atoms with E-state index in [1.54, 1.807) is 31.2 Å². The van der Waals surface area contributed by atoms with Crippen molar-refractivity contribution < 1.29 is 36.7 Å². The van der Waals surface area contributed by atoms with Crippen LogP contribution in [0, 0.1) is 0 Å². The monoisotopic (exact) mass is 463 g/mol. The lowest BCUT2D eigenvalue weighted by molar-refractivity contribution is -0.137. The minimum atomic E-state index is -4.76. The third-order valence-corrected chi connectivity index (χ3v) is 4.61. The van der Waals surface area contributed by atoms with Crippen LogP contribution in [-0.2, 0) is 22.3 Å². The van der Waals surface area contributed by atoms with Crippen LogP contribution in [0.25, 0.3) is 11.0 Å². The van der Waals surface area contributed by atoms with Gasteiger partial charge in [0.1, 0.15) is 24.0 Å². The first-order valence-electron chi connectivity index (χ1n) is 10.0. The number of halogens is 3. The van der Waals surface area contributed by atoms with E-state index in [0.29, 0.717) is 12.5 Å². The molecular formula is C23H20F3NO6. The van der Waals surface area contributed by atoms with Gasteiger partial charge in [-0.05, 0) is 24.1 Å². The number of carbonyl (C=O) groups is 2. The van der Waals surface area contributed by atoms with Crippen LogP contribution in [0.4, 0.5) is 18.0 Å². The van der Waals surface area contributed by atoms with E-state index in [1.165, 1.54) is 0 Å². The second-order valence-corrected chi connectivity index (χ2v) is 7.10. The van der Waals surface area contributed by atoms with Gasteiger partial charge in [0.05, 0.1) is 5.56 Å². The van der Waals surface area contributed by atoms with Gasteiger partial charge >= 0.3 is 23.9 Å². The molecule has 3 rings (SSSR count). The molecule has 33 heavy (non-hydrogen) atoms. The van der Waals surface area contributed by atoms with Crippen molar-refractivity contribution in [3.8, 4) is 5.75 Å². The number of benzene rings is 2. The number of ether oxygens (including phenoxy) is 2. The second kappa shape index (κ2) is 10.2. The average Bonchev–Trinajstić information content (AvgIpc) is 2.76. The Kier molecular flexibility index (Phi) is 7.37. The predicted molar refractivity (Wildman–Crippen MR) is 112 cm³/mol. The number of amides is 1. The van der Waals surface area contributed by atoms with E-state index in [1.807, 2.05) is 6.07 Å². The molecule has 1 atom stereocenters. The van der Waals surface area contributed by atoms with Crippen LogP contribution < -0.4 is 15.7 Å². The van der Waals surface area contributed by atoms with Crippen molar-refractivity contribution in [3.63, 3.8) is 0 Å². The first kappa shape index (κ1) is 23.8. The molecule has 2 aromatic carbocycles. The third-order valence-electron chi connectivity index (χ3n) is 4.61. The molecule has 0 bridgehead atoms. The molecule has 174 valence electrons. The van der Waals surface area contributed by atoms with Crippen LogP contribution in [0.2, 0.25) is 0 Å². The predicted octanol–water partition coefficient (Wildman–Crippen LogP) is 4.81. The van der Waals surface area contributed by atoms with E-state index in [9.17, 15) is 27.6 Å². The summed E-state index contributed by atoms with van der Waals surface area (Å²) in [4.78, 5) is 36.2. The smallest absolute Gasteiger partial charge is 0.417 e. The fourth-order valence-electron chi connectivity index (χ4n) is 3.07. The number of rotatable bonds is 7. The van der Waals surface area contributed by atoms with Crippen LogP contribution in [0.15, 0.2) is 63.8 Å². The summed E-state index contributed by atoms with van der Waals surface area (Å²) in [5.41, 5.74) is -1.97. The second-order valence-electron chi connectivity index (χ2n) is 7.10. The largest absolute Gasteiger partial charge is 0.445 e. The van der Waals surface area contributed by atoms with E-state index in [-0.39, 0.29) is 29.7 Å². The molecule has 3 aromatic rings. The Morgan fingerprint density at radius 2 is 1.82 bits per heavy atom. The molecule has 7 nitrogen and oxygen atoms in total. The lowest BCUT2D eigenvalue weighted by atomic mass is 10.1. The van der Waals surface area contributed by atoms with E-state index in [2.05, 4.69) is 5.32 Å². The molecule has 10 heteroatoms. The number of hydrogen-bond donors (Lipinski definition) is 1. The number of nitrogens with one attached hydrogen (secondary N) is 1. The molecule has 1 N–H and O–H groups in total. The third kappa shape index (κ3) is 6.34. The maximum absolute atomic E-state index is 13.2. The molecule has 0 unspecified atom stereocenters. The topological polar surface area (TPSA) is 94.8 Å². The summed E-state index contributed by atoms with van der Waals surface area (Å²) in [6.07, 6.45) is -4.82. The van der Waals surface area contributed by atoms with Crippen molar-refractivity contribution in [1.29, 1.82) is 0 Å². The van der Waals surface area contributed by atoms with Crippen molar-refractivity contribution >= 4 is 23.0 Å². The quantitative estimate of drug-likeness (QED) is 0.307. The Labute approximate surface area is 186 Å². The molecule has 0 fully saturated rings. The molecular weight excluding hydrogens is 443 g/mol. The fraction of sp³-hybridized carbons (Fsp3) is 0.261. The Bertz CT molecular complexity index is 1190. The van der Waals surface area contributed by atoms with Gasteiger partial charge in [-0.25, -0.2) is 14.4 Å². The summed E-state index contributed by atoms with van der Waals surface area (Å²) in [5.74, 6) is -0.988. The van der Waals surface area contributed by atoms with Crippen LogP contribution >= 0.6 is 0 Å². The standard InChI is InChI=1S/C23H20F3NO6/c1-2-6-18(27-22(30)31-13-14-7-4-3-5-8-14)21(29)32-15-9-10-16-17(23(24,25)26)12-20(28)33-19(16)11-15/h3-5,7-12,18H,2,6,13H2,1H3,(H,27,30)/t18-/m1/s1. The minimum absolute atomic E-state index is 0.00577. The van der Waals surface area contributed by atoms with Gasteiger partial charge in [-0.3, -0.25) is 0 Å². The summed E-state index contributed by atoms with van der Waals surface area (Å²) in [6, 6.07) is 11.4. The lowest BCUT2D eigenvalue weighted by Gasteiger charge is -2.17. The summed E-state index contributed by atoms with van der Waals surface area (Å²) in [5, 5.41) is 2.07. The highest BCUT2D eigenvalue weighted by Gasteiger charge is 2.34. The van der Waals surface area contributed by atoms with Crippen molar-refractivity contribution in [2.75, 3.05) is 0 Å². The van der Waals surface area contributed by atoms with Crippen LogP contribution in [0.3, 0.4) is 0 Å². The number of alkyl carbamates (subject to hydrolysis) is 1. The van der Waals surface area contributed by atoms with Crippen molar-refractivity contribution in [1.82, 2.24) is 5.32 Å². The van der Waals surface area contributed by atoms with Gasteiger partial charge in [0.25, 0.3) is 0 Å². The molecule has 0 aliphatic heterocycles. The number of carbonyl (C=O) groups excluding carboxylic acids is 2. The fourth-order valence-corrected chi connectivity index (χ4v) is 3.07. The average molecular weight is 463 g/mol. The zero-order valence-electron chi connectivity index (χ0n) is 17.5. The molecule has 0 saturated carbocycles. The van der Waals surface area contributed by atoms with Gasteiger partial charge in [0.15, 0.2) is 0 Å². The summed E-state index contributed by atoms with van der Waals surface area (Å²) in [7, 11) is 0. The van der Waals surface area contributed by atoms with Crippen molar-refractivity contribution in [2.24, 2.45) is 0 Å². The number of esters is 1. The molecule has 0 radical (unpaired) electrons. The highest BCUT2D eigenvalue weighted by molar-refractivity contribution is 5.85. The molecule has 0 spiro atoms. The Hall–Kier alpha value is -3.82. The molecule has 0 aliphatic rings. The zero-order chi connectivity index (χ0) is 24.0. The van der Waals surface area contributed by atoms with E-state index >= 15 is 0 Å². The van der Waals surface area contributed by atoms with Crippen LogP contribution in [-0.4, -0.2) is 18.1 Å². The van der Waals surface area contributed by atoms with Gasteiger partial charge < -0.3 is 19.2 Å². The van der Waals surface area contributed by atoms with Gasteiger partial charge in [0, 0.05) is 17.5 Å². The van der Waals surface area contributed by atoms with Gasteiger partial charge in [-0.2, -0.15) is 13.2 Å². The van der Waals surface area contributed by atoms with Crippen LogP contribution in [0.5, 0.6) is 5.75 Å². The first-order chi connectivity index (χ1) is 15.7. The summed E-state index contributed by atoms with van der Waals surface area (Å²) in [6.45, 7) is 1.80. The summed E-state index contributed by atoms with van der Waals surface area (Å²) < 4.78 is 54.7. The maximum Gasteiger partial charge on any atom is 0.417 e. The number of hydrogen-bond acceptors (Lipinski definition) is 6. The zero-order valence-corrected chi connectivity index (χ0v) is 17.5. The van der Waals surface area contributed by atoms with Gasteiger partial charge in [-0.15, -0.1) is 0 Å². The minimum Gasteiger partial charge on any atom is -0.445 e. The molecule has 1 heterocycles. The Morgan fingerprint density at radius 3 is 2.48 bits per heavy atom. The van der Waals surface area contributed by atoms with E-state index in [0.717, 1.165) is 23.8 Å². The van der Waals surface area contributed by atoms with Crippen molar-refractivity contribution in [2.45, 2.75) is 38.6 Å². The van der Waals surface area contributed by atoms with E-state index < -0.39 is 35.5 Å². The molecule has 1 amide bonds. The van der Waals surface area contributed by atoms with Crippen LogP contribution in [0.1, 0.15) is 30.9 Å². The lowest BCUT2D eigenvalue weighted by Crippen LogP contribution is -2.43. The molecule has 0 aliphatic carbocycles. The van der Waals surface area contributed by atoms with Crippen molar-refractivity contribution in [3.05, 3.63) is 76.1 Å². The maximum atomic E-state index is 13.2. The number of alkyl halides is 3. The molecule has 0 saturated heterocycles.